The molecule has 0 fully saturated rings. The lowest BCUT2D eigenvalue weighted by atomic mass is 9.78. The fourth-order valence-corrected chi connectivity index (χ4v) is 8.50. The summed E-state index contributed by atoms with van der Waals surface area (Å²) in [6, 6.07) is 50.9. The molecule has 2 heteroatoms. The molecule has 3 aliphatic rings. The molecule has 10 rings (SSSR count). The predicted molar refractivity (Wildman–Crippen MR) is 197 cm³/mol. The molecule has 7 aromatic rings. The van der Waals surface area contributed by atoms with Crippen molar-refractivity contribution in [3.05, 3.63) is 168 Å². The van der Waals surface area contributed by atoms with Gasteiger partial charge in [0.15, 0.2) is 0 Å². The van der Waals surface area contributed by atoms with E-state index in [2.05, 4.69) is 170 Å². The first-order chi connectivity index (χ1) is 23.1. The molecule has 7 aromatic carbocycles. The van der Waals surface area contributed by atoms with E-state index in [0.717, 1.165) is 17.0 Å². The van der Waals surface area contributed by atoms with Gasteiger partial charge in [0, 0.05) is 11.1 Å². The molecule has 2 unspecified atom stereocenters. The number of ether oxygens (including phenoxy) is 1. The number of hydrogen-bond donors (Lipinski definition) is 0. The Morgan fingerprint density at radius 1 is 0.553 bits per heavy atom. The summed E-state index contributed by atoms with van der Waals surface area (Å²) in [6.45, 7) is 4.70. The molecular formula is C45H33NO. The van der Waals surface area contributed by atoms with Crippen LogP contribution in [0.25, 0.3) is 49.0 Å². The summed E-state index contributed by atoms with van der Waals surface area (Å²) in [5.41, 5.74) is 9.96. The van der Waals surface area contributed by atoms with Crippen LogP contribution in [-0.2, 0) is 5.41 Å². The van der Waals surface area contributed by atoms with Gasteiger partial charge in [0.05, 0.1) is 11.7 Å². The molecule has 0 spiro atoms. The Morgan fingerprint density at radius 3 is 1.89 bits per heavy atom. The summed E-state index contributed by atoms with van der Waals surface area (Å²) in [7, 11) is 0. The molecule has 2 atom stereocenters. The highest BCUT2D eigenvalue weighted by atomic mass is 16.5. The zero-order valence-electron chi connectivity index (χ0n) is 26.4. The second-order valence-electron chi connectivity index (χ2n) is 13.6. The first-order valence-corrected chi connectivity index (χ1v) is 16.6. The maximum Gasteiger partial charge on any atom is 0.144 e. The maximum atomic E-state index is 6.99. The number of nitrogens with zero attached hydrogens (tertiary/aromatic N) is 1. The molecule has 47 heavy (non-hydrogen) atoms. The van der Waals surface area contributed by atoms with Crippen LogP contribution in [0.4, 0.5) is 11.4 Å². The van der Waals surface area contributed by atoms with Gasteiger partial charge in [-0.25, -0.2) is 0 Å². The zero-order valence-corrected chi connectivity index (χ0v) is 26.4. The first-order valence-electron chi connectivity index (χ1n) is 16.6. The monoisotopic (exact) mass is 603 g/mol. The third kappa shape index (κ3) is 3.79. The van der Waals surface area contributed by atoms with Gasteiger partial charge >= 0.3 is 0 Å². The van der Waals surface area contributed by atoms with Gasteiger partial charge in [-0.2, -0.15) is 0 Å². The highest BCUT2D eigenvalue weighted by Crippen LogP contribution is 2.54. The van der Waals surface area contributed by atoms with Gasteiger partial charge in [0.1, 0.15) is 11.9 Å². The standard InChI is InChI=1S/C45H33NO/c1-45(2)39-19-11-10-18-36(39)38-26-44-42(27-40(38)45)46(30-12-4-3-5-13-30)41-23-21-29(25-43(41)47-44)28-20-22-35-33-16-7-6-14-31(33)32-15-8-9-17-34(32)37(35)24-28/h3-27,42,44H,1-2H3. The normalized spacial score (nSPS) is 19.0. The van der Waals surface area contributed by atoms with Gasteiger partial charge < -0.3 is 9.64 Å². The summed E-state index contributed by atoms with van der Waals surface area (Å²) in [6.07, 6.45) is 4.74. The van der Waals surface area contributed by atoms with Gasteiger partial charge in [0.2, 0.25) is 0 Å². The third-order valence-electron chi connectivity index (χ3n) is 10.8. The molecule has 0 bridgehead atoms. The van der Waals surface area contributed by atoms with Crippen molar-refractivity contribution >= 4 is 49.3 Å². The predicted octanol–water partition coefficient (Wildman–Crippen LogP) is 11.4. The van der Waals surface area contributed by atoms with E-state index >= 15 is 0 Å². The fraction of sp³-hybridized carbons (Fsp3) is 0.111. The Bertz CT molecular complexity index is 2450. The van der Waals surface area contributed by atoms with E-state index in [4.69, 9.17) is 4.74 Å². The van der Waals surface area contributed by atoms with Crippen LogP contribution in [0.1, 0.15) is 25.0 Å². The van der Waals surface area contributed by atoms with Gasteiger partial charge in [0.25, 0.3) is 0 Å². The number of rotatable bonds is 2. The largest absolute Gasteiger partial charge is 0.482 e. The Kier molecular flexibility index (Phi) is 5.49. The molecule has 224 valence electrons. The minimum absolute atomic E-state index is 0.0448. The van der Waals surface area contributed by atoms with Gasteiger partial charge in [-0.1, -0.05) is 129 Å². The van der Waals surface area contributed by atoms with Gasteiger partial charge in [-0.15, -0.1) is 0 Å². The van der Waals surface area contributed by atoms with Crippen molar-refractivity contribution in [2.24, 2.45) is 0 Å². The van der Waals surface area contributed by atoms with E-state index in [9.17, 15) is 0 Å². The number of fused-ring (bicyclic) bond motifs is 11. The van der Waals surface area contributed by atoms with Crippen molar-refractivity contribution in [2.45, 2.75) is 31.4 Å². The second kappa shape index (κ2) is 9.70. The minimum atomic E-state index is -0.120. The van der Waals surface area contributed by atoms with Crippen molar-refractivity contribution in [3.63, 3.8) is 0 Å². The molecular weight excluding hydrogens is 571 g/mol. The summed E-state index contributed by atoms with van der Waals surface area (Å²) < 4.78 is 6.99. The number of para-hydroxylation sites is 1. The molecule has 0 aromatic heterocycles. The van der Waals surface area contributed by atoms with Crippen LogP contribution in [0.2, 0.25) is 0 Å². The van der Waals surface area contributed by atoms with E-state index < -0.39 is 0 Å². The van der Waals surface area contributed by atoms with E-state index in [0.29, 0.717) is 0 Å². The molecule has 0 saturated heterocycles. The molecule has 2 nitrogen and oxygen atoms in total. The zero-order chi connectivity index (χ0) is 31.3. The molecule has 0 radical (unpaired) electrons. The summed E-state index contributed by atoms with van der Waals surface area (Å²) in [5.74, 6) is 0.912. The van der Waals surface area contributed by atoms with Crippen LogP contribution in [0.5, 0.6) is 5.75 Å². The second-order valence-corrected chi connectivity index (χ2v) is 13.6. The topological polar surface area (TPSA) is 12.5 Å². The SMILES string of the molecule is CC1(C)C2=CC3C(C=C2c2ccccc21)Oc1cc(-c2ccc4c5ccccc5c5ccccc5c4c2)ccc1N3c1ccccc1. The molecule has 2 aliphatic carbocycles. The van der Waals surface area contributed by atoms with Crippen LogP contribution < -0.4 is 9.64 Å². The molecule has 0 amide bonds. The average molecular weight is 604 g/mol. The lowest BCUT2D eigenvalue weighted by Crippen LogP contribution is -2.47. The van der Waals surface area contributed by atoms with E-state index in [1.165, 1.54) is 65.8 Å². The van der Waals surface area contributed by atoms with Crippen molar-refractivity contribution in [2.75, 3.05) is 4.90 Å². The Hall–Kier alpha value is -5.60. The maximum absolute atomic E-state index is 6.99. The van der Waals surface area contributed by atoms with Gasteiger partial charge in [-0.05, 0) is 102 Å². The summed E-state index contributed by atoms with van der Waals surface area (Å²) in [5, 5.41) is 7.73. The van der Waals surface area contributed by atoms with Crippen molar-refractivity contribution in [1.29, 1.82) is 0 Å². The highest BCUT2D eigenvalue weighted by molar-refractivity contribution is 6.25. The quantitative estimate of drug-likeness (QED) is 0.182. The summed E-state index contributed by atoms with van der Waals surface area (Å²) >= 11 is 0. The van der Waals surface area contributed by atoms with Crippen LogP contribution in [0.3, 0.4) is 0 Å². The van der Waals surface area contributed by atoms with Crippen molar-refractivity contribution < 1.29 is 4.74 Å². The van der Waals surface area contributed by atoms with Crippen molar-refractivity contribution in [1.82, 2.24) is 0 Å². The molecule has 1 heterocycles. The number of benzene rings is 7. The average Bonchev–Trinajstić information content (AvgIpc) is 3.35. The first kappa shape index (κ1) is 26.6. The fourth-order valence-electron chi connectivity index (χ4n) is 8.50. The van der Waals surface area contributed by atoms with Crippen LogP contribution in [0.15, 0.2) is 157 Å². The number of anilines is 2. The highest BCUT2D eigenvalue weighted by Gasteiger charge is 2.45. The van der Waals surface area contributed by atoms with Crippen LogP contribution in [0, 0.1) is 0 Å². The Labute approximate surface area is 274 Å². The van der Waals surface area contributed by atoms with E-state index in [-0.39, 0.29) is 17.6 Å². The smallest absolute Gasteiger partial charge is 0.144 e. The lowest BCUT2D eigenvalue weighted by Gasteiger charge is -2.44. The van der Waals surface area contributed by atoms with Crippen LogP contribution in [-0.4, -0.2) is 12.1 Å². The molecule has 1 aliphatic heterocycles. The van der Waals surface area contributed by atoms with Crippen molar-refractivity contribution in [3.8, 4) is 16.9 Å². The summed E-state index contributed by atoms with van der Waals surface area (Å²) in [4.78, 5) is 2.48. The number of hydrogen-bond acceptors (Lipinski definition) is 2. The third-order valence-corrected chi connectivity index (χ3v) is 10.8. The lowest BCUT2D eigenvalue weighted by molar-refractivity contribution is 0.218. The molecule has 0 saturated carbocycles. The van der Waals surface area contributed by atoms with Gasteiger partial charge in [-0.3, -0.25) is 0 Å². The van der Waals surface area contributed by atoms with E-state index in [1.807, 2.05) is 0 Å². The Balaban J connectivity index is 1.14. The van der Waals surface area contributed by atoms with Crippen LogP contribution >= 0.6 is 0 Å². The molecule has 0 N–H and O–H groups in total. The Morgan fingerprint density at radius 2 is 1.15 bits per heavy atom. The number of allylic oxidation sites excluding steroid dienone is 2. The van der Waals surface area contributed by atoms with E-state index in [1.54, 1.807) is 0 Å². The minimum Gasteiger partial charge on any atom is -0.482 e.